The SMILES string of the molecule is OCC1(CO)COCCOc2ccc(cc2)C2CCC2c2ccc(cc2)OCCOC1. The van der Waals surface area contributed by atoms with Gasteiger partial charge in [-0.1, -0.05) is 24.3 Å². The molecule has 0 amide bonds. The van der Waals surface area contributed by atoms with Crippen molar-refractivity contribution in [3.8, 4) is 11.5 Å². The first-order valence-electron chi connectivity index (χ1n) is 11.1. The first kappa shape index (κ1) is 22.1. The standard InChI is InChI=1S/C25H32O6/c26-15-25(16-27)17-28-11-13-30-21-5-1-19(2-6-21)23-9-10-24(23)20-3-7-22(8-4-20)31-14-12-29-18-25/h1-8,23-24,26-27H,9-18H2. The molecule has 6 heteroatoms. The summed E-state index contributed by atoms with van der Waals surface area (Å²) < 4.78 is 22.9. The predicted molar refractivity (Wildman–Crippen MR) is 117 cm³/mol. The van der Waals surface area contributed by atoms with Gasteiger partial charge in [0, 0.05) is 0 Å². The molecule has 3 heterocycles. The van der Waals surface area contributed by atoms with Crippen LogP contribution in [0.3, 0.4) is 0 Å². The molecule has 6 rings (SSSR count). The quantitative estimate of drug-likeness (QED) is 0.765. The van der Waals surface area contributed by atoms with E-state index in [4.69, 9.17) is 18.9 Å². The lowest BCUT2D eigenvalue weighted by Gasteiger charge is -2.37. The third-order valence-electron chi connectivity index (χ3n) is 6.37. The average Bonchev–Trinajstić information content (AvgIpc) is 2.78. The van der Waals surface area contributed by atoms with Crippen molar-refractivity contribution in [1.82, 2.24) is 0 Å². The highest BCUT2D eigenvalue weighted by Gasteiger charge is 2.33. The summed E-state index contributed by atoms with van der Waals surface area (Å²) in [5, 5.41) is 19.5. The van der Waals surface area contributed by atoms with Crippen LogP contribution in [-0.4, -0.2) is 63.1 Å². The van der Waals surface area contributed by atoms with Gasteiger partial charge in [0.25, 0.3) is 0 Å². The molecule has 2 aromatic carbocycles. The Bertz CT molecular complexity index is 734. The highest BCUT2D eigenvalue weighted by molar-refractivity contribution is 5.37. The van der Waals surface area contributed by atoms with Gasteiger partial charge in [-0.2, -0.15) is 0 Å². The molecule has 0 spiro atoms. The monoisotopic (exact) mass is 428 g/mol. The topological polar surface area (TPSA) is 77.4 Å². The molecule has 31 heavy (non-hydrogen) atoms. The van der Waals surface area contributed by atoms with E-state index in [-0.39, 0.29) is 26.4 Å². The predicted octanol–water partition coefficient (Wildman–Crippen LogP) is 3.12. The Hall–Kier alpha value is -2.12. The molecule has 4 bridgehead atoms. The fourth-order valence-electron chi connectivity index (χ4n) is 4.21. The molecule has 6 nitrogen and oxygen atoms in total. The average molecular weight is 429 g/mol. The molecule has 1 fully saturated rings. The van der Waals surface area contributed by atoms with Crippen LogP contribution < -0.4 is 9.47 Å². The van der Waals surface area contributed by atoms with Crippen LogP contribution >= 0.6 is 0 Å². The Morgan fingerprint density at radius 2 is 1.06 bits per heavy atom. The van der Waals surface area contributed by atoms with Crippen molar-refractivity contribution in [2.24, 2.45) is 5.41 Å². The van der Waals surface area contributed by atoms with Crippen molar-refractivity contribution >= 4 is 0 Å². The summed E-state index contributed by atoms with van der Waals surface area (Å²) in [5.41, 5.74) is 1.85. The maximum atomic E-state index is 9.77. The first-order valence-corrected chi connectivity index (χ1v) is 11.1. The molecule has 3 aliphatic heterocycles. The Balaban J connectivity index is 1.47. The highest BCUT2D eigenvalue weighted by atomic mass is 16.5. The molecular formula is C25H32O6. The van der Waals surface area contributed by atoms with E-state index >= 15 is 0 Å². The number of ether oxygens (including phenoxy) is 4. The summed E-state index contributed by atoms with van der Waals surface area (Å²) in [6, 6.07) is 16.7. The lowest BCUT2D eigenvalue weighted by Crippen LogP contribution is -2.40. The van der Waals surface area contributed by atoms with Crippen LogP contribution in [0, 0.1) is 5.41 Å². The second-order valence-corrected chi connectivity index (χ2v) is 8.55. The Morgan fingerprint density at radius 3 is 1.42 bits per heavy atom. The van der Waals surface area contributed by atoms with E-state index in [1.807, 2.05) is 24.3 Å². The van der Waals surface area contributed by atoms with Crippen LogP contribution in [0.5, 0.6) is 11.5 Å². The normalized spacial score (nSPS) is 24.2. The van der Waals surface area contributed by atoms with Crippen LogP contribution in [0.1, 0.15) is 35.8 Å². The van der Waals surface area contributed by atoms with Crippen molar-refractivity contribution in [1.29, 1.82) is 0 Å². The molecule has 4 aliphatic rings. The van der Waals surface area contributed by atoms with Gasteiger partial charge in [-0.3, -0.25) is 0 Å². The van der Waals surface area contributed by atoms with Crippen LogP contribution in [0.15, 0.2) is 48.5 Å². The van der Waals surface area contributed by atoms with Crippen molar-refractivity contribution in [2.45, 2.75) is 24.7 Å². The molecule has 0 aromatic heterocycles. The lowest BCUT2D eigenvalue weighted by molar-refractivity contribution is -0.0821. The smallest absolute Gasteiger partial charge is 0.119 e. The Morgan fingerprint density at radius 1 is 0.645 bits per heavy atom. The zero-order valence-electron chi connectivity index (χ0n) is 17.9. The summed E-state index contributed by atoms with van der Waals surface area (Å²) >= 11 is 0. The van der Waals surface area contributed by atoms with E-state index in [0.29, 0.717) is 38.3 Å². The molecule has 2 N–H and O–H groups in total. The second kappa shape index (κ2) is 10.5. The van der Waals surface area contributed by atoms with Crippen molar-refractivity contribution in [3.63, 3.8) is 0 Å². The number of rotatable bonds is 2. The lowest BCUT2D eigenvalue weighted by atomic mass is 9.67. The number of aliphatic hydroxyl groups is 2. The van der Waals surface area contributed by atoms with E-state index in [9.17, 15) is 10.2 Å². The molecule has 2 atom stereocenters. The van der Waals surface area contributed by atoms with Gasteiger partial charge >= 0.3 is 0 Å². The third kappa shape index (κ3) is 5.39. The molecule has 1 saturated carbocycles. The van der Waals surface area contributed by atoms with E-state index in [2.05, 4.69) is 24.3 Å². The summed E-state index contributed by atoms with van der Waals surface area (Å²) in [6.45, 7) is 1.46. The minimum atomic E-state index is -0.846. The van der Waals surface area contributed by atoms with Crippen LogP contribution in [0.4, 0.5) is 0 Å². The first-order chi connectivity index (χ1) is 15.2. The number of fused-ring (bicyclic) bond motifs is 2. The maximum Gasteiger partial charge on any atom is 0.119 e. The molecule has 168 valence electrons. The number of hydrogen-bond acceptors (Lipinski definition) is 6. The fourth-order valence-corrected chi connectivity index (χ4v) is 4.21. The van der Waals surface area contributed by atoms with Gasteiger partial charge < -0.3 is 29.2 Å². The summed E-state index contributed by atoms with van der Waals surface area (Å²) in [4.78, 5) is 0. The van der Waals surface area contributed by atoms with Gasteiger partial charge in [0.05, 0.1) is 45.1 Å². The fraction of sp³-hybridized carbons (Fsp3) is 0.520. The number of hydrogen-bond donors (Lipinski definition) is 2. The van der Waals surface area contributed by atoms with Crippen molar-refractivity contribution in [2.75, 3.05) is 52.9 Å². The van der Waals surface area contributed by atoms with Crippen LogP contribution in [0.25, 0.3) is 0 Å². The van der Waals surface area contributed by atoms with E-state index < -0.39 is 5.41 Å². The van der Waals surface area contributed by atoms with Crippen LogP contribution in [-0.2, 0) is 9.47 Å². The molecule has 2 unspecified atom stereocenters. The minimum absolute atomic E-state index is 0.188. The molecular weight excluding hydrogens is 396 g/mol. The van der Waals surface area contributed by atoms with Crippen molar-refractivity contribution < 1.29 is 29.2 Å². The Kier molecular flexibility index (Phi) is 7.45. The number of benzene rings is 2. The maximum absolute atomic E-state index is 9.77. The zero-order chi connectivity index (χ0) is 21.5. The van der Waals surface area contributed by atoms with E-state index in [1.54, 1.807) is 0 Å². The molecule has 1 aliphatic carbocycles. The molecule has 0 radical (unpaired) electrons. The van der Waals surface area contributed by atoms with Crippen LogP contribution in [0.2, 0.25) is 0 Å². The van der Waals surface area contributed by atoms with Crippen molar-refractivity contribution in [3.05, 3.63) is 59.7 Å². The summed E-state index contributed by atoms with van der Waals surface area (Å²) in [6.07, 6.45) is 2.40. The Labute approximate surface area is 183 Å². The van der Waals surface area contributed by atoms with E-state index in [1.165, 1.54) is 24.0 Å². The van der Waals surface area contributed by atoms with Gasteiger partial charge in [-0.05, 0) is 60.1 Å². The van der Waals surface area contributed by atoms with Gasteiger partial charge in [0.1, 0.15) is 24.7 Å². The largest absolute Gasteiger partial charge is 0.491 e. The third-order valence-corrected chi connectivity index (χ3v) is 6.37. The number of aliphatic hydroxyl groups excluding tert-OH is 2. The summed E-state index contributed by atoms with van der Waals surface area (Å²) in [7, 11) is 0. The van der Waals surface area contributed by atoms with Gasteiger partial charge in [-0.15, -0.1) is 0 Å². The molecule has 2 aromatic rings. The van der Waals surface area contributed by atoms with Gasteiger partial charge in [-0.25, -0.2) is 0 Å². The van der Waals surface area contributed by atoms with Gasteiger partial charge in [0.15, 0.2) is 0 Å². The summed E-state index contributed by atoms with van der Waals surface area (Å²) in [5.74, 6) is 2.71. The molecule has 0 saturated heterocycles. The van der Waals surface area contributed by atoms with Gasteiger partial charge in [0.2, 0.25) is 0 Å². The highest BCUT2D eigenvalue weighted by Crippen LogP contribution is 2.49. The zero-order valence-corrected chi connectivity index (χ0v) is 17.9. The second-order valence-electron chi connectivity index (χ2n) is 8.55. The van der Waals surface area contributed by atoms with E-state index in [0.717, 1.165) is 11.5 Å². The minimum Gasteiger partial charge on any atom is -0.491 e.